The second-order valence-electron chi connectivity index (χ2n) is 9.31. The Kier molecular flexibility index (Phi) is 6.14. The molecule has 4 heterocycles. The quantitative estimate of drug-likeness (QED) is 0.284. The maximum atomic E-state index is 13.9. The Labute approximate surface area is 230 Å². The number of rotatable bonds is 4. The van der Waals surface area contributed by atoms with Crippen LogP contribution in [0.5, 0.6) is 5.75 Å². The number of methoxy groups -OCH3 is 1. The van der Waals surface area contributed by atoms with E-state index in [2.05, 4.69) is 15.2 Å². The molecule has 2 aromatic heterocycles. The number of anilines is 1. The van der Waals surface area contributed by atoms with E-state index in [1.807, 2.05) is 16.7 Å². The van der Waals surface area contributed by atoms with Crippen LogP contribution in [0.15, 0.2) is 51.9 Å². The molecule has 0 saturated carbocycles. The molecule has 0 radical (unpaired) electrons. The lowest BCUT2D eigenvalue weighted by Gasteiger charge is -2.43. The lowest BCUT2D eigenvalue weighted by molar-refractivity contribution is -0.134. The van der Waals surface area contributed by atoms with Crippen molar-refractivity contribution in [2.75, 3.05) is 18.6 Å². The third kappa shape index (κ3) is 4.35. The van der Waals surface area contributed by atoms with Gasteiger partial charge in [-0.25, -0.2) is 4.98 Å². The number of benzene rings is 2. The number of fused-ring (bicyclic) bond motifs is 3. The highest BCUT2D eigenvalue weighted by atomic mass is 35.5. The molecule has 6 rings (SSSR count). The number of amides is 1. The van der Waals surface area contributed by atoms with Crippen molar-refractivity contribution in [3.63, 3.8) is 0 Å². The fraction of sp³-hybridized carbons (Fsp3) is 0.308. The minimum Gasteiger partial charge on any atom is -0.496 e. The molecule has 0 aliphatic carbocycles. The minimum absolute atomic E-state index is 0.178. The van der Waals surface area contributed by atoms with Gasteiger partial charge in [-0.2, -0.15) is 13.2 Å². The summed E-state index contributed by atoms with van der Waals surface area (Å²) in [7, 11) is 1.54. The number of carbonyl (C=O) groups excluding carboxylic acids is 1. The Morgan fingerprint density at radius 2 is 2.03 bits per heavy atom. The van der Waals surface area contributed by atoms with Gasteiger partial charge in [0.1, 0.15) is 12.3 Å². The van der Waals surface area contributed by atoms with Crippen LogP contribution in [0, 0.1) is 6.92 Å². The molecule has 1 amide bonds. The number of aromatic nitrogens is 4. The molecular formula is C26H21ClF3N5O3S. The van der Waals surface area contributed by atoms with Gasteiger partial charge in [0.25, 0.3) is 5.91 Å². The van der Waals surface area contributed by atoms with E-state index in [-0.39, 0.29) is 5.69 Å². The number of aryl methyl sites for hydroxylation is 1. The third-order valence-corrected chi connectivity index (χ3v) is 8.49. The molecule has 8 nitrogen and oxygen atoms in total. The first-order valence-corrected chi connectivity index (χ1v) is 13.2. The Morgan fingerprint density at radius 1 is 1.21 bits per heavy atom. The first-order chi connectivity index (χ1) is 18.6. The van der Waals surface area contributed by atoms with E-state index in [9.17, 15) is 18.0 Å². The number of hydrogen-bond donors (Lipinski definition) is 0. The zero-order chi connectivity index (χ0) is 27.5. The van der Waals surface area contributed by atoms with E-state index in [4.69, 9.17) is 20.8 Å². The summed E-state index contributed by atoms with van der Waals surface area (Å²) in [6.45, 7) is 0.833. The van der Waals surface area contributed by atoms with Crippen LogP contribution in [0.3, 0.4) is 0 Å². The van der Waals surface area contributed by atoms with E-state index in [1.54, 1.807) is 25.3 Å². The molecule has 1 atom stereocenters. The van der Waals surface area contributed by atoms with Gasteiger partial charge in [-0.1, -0.05) is 29.4 Å². The van der Waals surface area contributed by atoms with Crippen molar-refractivity contribution in [1.29, 1.82) is 0 Å². The monoisotopic (exact) mass is 575 g/mol. The smallest absolute Gasteiger partial charge is 0.406 e. The Bertz CT molecular complexity index is 1600. The average Bonchev–Trinajstić information content (AvgIpc) is 3.53. The molecule has 202 valence electrons. The van der Waals surface area contributed by atoms with Gasteiger partial charge in [0.05, 0.1) is 24.6 Å². The number of nitrogens with zero attached hydrogens (tertiary/aromatic N) is 5. The van der Waals surface area contributed by atoms with Crippen molar-refractivity contribution in [1.82, 2.24) is 19.7 Å². The molecule has 0 bridgehead atoms. The van der Waals surface area contributed by atoms with Crippen molar-refractivity contribution < 1.29 is 27.1 Å². The SMILES string of the molecule is COc1cc(-c2nnc3n2CCCC32Sc3cc(Cl)ccc3N(CC(F)(F)F)C2=O)ccc1-c1cnc(C)o1. The Hall–Kier alpha value is -3.51. The summed E-state index contributed by atoms with van der Waals surface area (Å²) < 4.78 is 52.5. The van der Waals surface area contributed by atoms with Crippen molar-refractivity contribution in [2.24, 2.45) is 0 Å². The summed E-state index contributed by atoms with van der Waals surface area (Å²) in [5.74, 6) is 1.71. The van der Waals surface area contributed by atoms with Gasteiger partial charge in [0, 0.05) is 29.0 Å². The third-order valence-electron chi connectivity index (χ3n) is 6.79. The summed E-state index contributed by atoms with van der Waals surface area (Å²) in [6.07, 6.45) is -2.14. The van der Waals surface area contributed by atoms with E-state index in [1.165, 1.54) is 31.0 Å². The predicted octanol–water partition coefficient (Wildman–Crippen LogP) is 6.26. The van der Waals surface area contributed by atoms with Gasteiger partial charge in [0.2, 0.25) is 0 Å². The van der Waals surface area contributed by atoms with Crippen LogP contribution in [0.2, 0.25) is 5.02 Å². The predicted molar refractivity (Wildman–Crippen MR) is 139 cm³/mol. The highest BCUT2D eigenvalue weighted by Crippen LogP contribution is 2.55. The van der Waals surface area contributed by atoms with Crippen LogP contribution in [0.4, 0.5) is 18.9 Å². The number of thioether (sulfide) groups is 1. The van der Waals surface area contributed by atoms with Gasteiger partial charge in [-0.15, -0.1) is 10.2 Å². The maximum Gasteiger partial charge on any atom is 0.406 e. The Balaban J connectivity index is 1.45. The molecule has 2 aliphatic rings. The van der Waals surface area contributed by atoms with Crippen LogP contribution in [-0.2, 0) is 16.1 Å². The molecule has 13 heteroatoms. The lowest BCUT2D eigenvalue weighted by atomic mass is 9.94. The summed E-state index contributed by atoms with van der Waals surface area (Å²) in [5, 5.41) is 9.15. The van der Waals surface area contributed by atoms with Crippen LogP contribution >= 0.6 is 23.4 Å². The van der Waals surface area contributed by atoms with Crippen molar-refractivity contribution in [3.05, 3.63) is 59.3 Å². The van der Waals surface area contributed by atoms with Crippen LogP contribution in [0.25, 0.3) is 22.7 Å². The van der Waals surface area contributed by atoms with E-state index in [0.717, 1.165) is 4.90 Å². The molecule has 2 aliphatic heterocycles. The summed E-state index contributed by atoms with van der Waals surface area (Å²) >= 11 is 7.38. The normalized spacial score (nSPS) is 18.8. The largest absolute Gasteiger partial charge is 0.496 e. The van der Waals surface area contributed by atoms with Gasteiger partial charge in [0.15, 0.2) is 28.0 Å². The van der Waals surface area contributed by atoms with Crippen molar-refractivity contribution in [3.8, 4) is 28.5 Å². The zero-order valence-corrected chi connectivity index (χ0v) is 22.3. The van der Waals surface area contributed by atoms with Gasteiger partial charge in [-0.3, -0.25) is 4.79 Å². The number of carbonyl (C=O) groups is 1. The molecular weight excluding hydrogens is 555 g/mol. The molecule has 0 fully saturated rings. The number of halogens is 4. The zero-order valence-electron chi connectivity index (χ0n) is 20.8. The van der Waals surface area contributed by atoms with Crippen LogP contribution < -0.4 is 9.64 Å². The van der Waals surface area contributed by atoms with Crippen LogP contribution in [-0.4, -0.2) is 45.5 Å². The standard InChI is InChI=1S/C26H21ClF3N5O3S/c1-14-31-12-20(38-14)17-6-4-15(10-19(17)37-2)22-32-33-23-25(8-3-9-34(22)23)24(36)35(13-26(28,29)30)18-7-5-16(27)11-21(18)39-25/h4-7,10-12H,3,8-9,13H2,1-2H3. The van der Waals surface area contributed by atoms with E-state index in [0.29, 0.717) is 69.5 Å². The number of oxazole rings is 1. The second-order valence-corrected chi connectivity index (χ2v) is 11.1. The second kappa shape index (κ2) is 9.30. The first-order valence-electron chi connectivity index (χ1n) is 12.0. The van der Waals surface area contributed by atoms with Crippen molar-refractivity contribution >= 4 is 35.0 Å². The topological polar surface area (TPSA) is 86.3 Å². The van der Waals surface area contributed by atoms with Gasteiger partial charge < -0.3 is 18.6 Å². The highest BCUT2D eigenvalue weighted by Gasteiger charge is 2.54. The van der Waals surface area contributed by atoms with Gasteiger partial charge >= 0.3 is 6.18 Å². The average molecular weight is 576 g/mol. The highest BCUT2D eigenvalue weighted by molar-refractivity contribution is 8.01. The number of ether oxygens (including phenoxy) is 1. The number of hydrogen-bond acceptors (Lipinski definition) is 7. The molecule has 1 unspecified atom stereocenters. The fourth-order valence-electron chi connectivity index (χ4n) is 5.13. The maximum absolute atomic E-state index is 13.9. The van der Waals surface area contributed by atoms with Gasteiger partial charge in [-0.05, 0) is 43.2 Å². The lowest BCUT2D eigenvalue weighted by Crippen LogP contribution is -2.53. The number of alkyl halides is 3. The summed E-state index contributed by atoms with van der Waals surface area (Å²) in [5.41, 5.74) is 1.55. The van der Waals surface area contributed by atoms with E-state index < -0.39 is 23.4 Å². The van der Waals surface area contributed by atoms with Crippen molar-refractivity contribution in [2.45, 2.75) is 42.1 Å². The molecule has 4 aromatic rings. The minimum atomic E-state index is -4.59. The molecule has 0 saturated heterocycles. The van der Waals surface area contributed by atoms with Crippen LogP contribution in [0.1, 0.15) is 24.6 Å². The van der Waals surface area contributed by atoms with E-state index >= 15 is 0 Å². The molecule has 0 N–H and O–H groups in total. The summed E-state index contributed by atoms with van der Waals surface area (Å²) in [6, 6.07) is 9.95. The molecule has 2 aromatic carbocycles. The first kappa shape index (κ1) is 25.8. The molecule has 1 spiro atoms. The fourth-order valence-corrected chi connectivity index (χ4v) is 6.90. The molecule has 39 heavy (non-hydrogen) atoms. The summed E-state index contributed by atoms with van der Waals surface area (Å²) in [4.78, 5) is 19.3. The Morgan fingerprint density at radius 3 is 2.74 bits per heavy atom.